The Morgan fingerprint density at radius 1 is 1.47 bits per heavy atom. The number of amides is 1. The van der Waals surface area contributed by atoms with Gasteiger partial charge in [-0.3, -0.25) is 4.79 Å². The van der Waals surface area contributed by atoms with E-state index in [0.29, 0.717) is 11.4 Å². The summed E-state index contributed by atoms with van der Waals surface area (Å²) in [5.41, 5.74) is 5.87. The van der Waals surface area contributed by atoms with Crippen molar-refractivity contribution in [1.29, 1.82) is 0 Å². The molecule has 19 heavy (non-hydrogen) atoms. The maximum atomic E-state index is 11.8. The number of aromatic carboxylic acids is 1. The second-order valence-corrected chi connectivity index (χ2v) is 4.67. The van der Waals surface area contributed by atoms with Gasteiger partial charge in [0.1, 0.15) is 0 Å². The predicted molar refractivity (Wildman–Crippen MR) is 74.5 cm³/mol. The molecular formula is C13H17ClN2O3. The first-order chi connectivity index (χ1) is 8.95. The SMILES string of the molecule is CCCCC(N)C(=O)Nc1ccc(Cl)cc1C(=O)O. The van der Waals surface area contributed by atoms with E-state index in [1.54, 1.807) is 0 Å². The van der Waals surface area contributed by atoms with Crippen LogP contribution < -0.4 is 11.1 Å². The summed E-state index contributed by atoms with van der Waals surface area (Å²) >= 11 is 5.73. The van der Waals surface area contributed by atoms with Gasteiger partial charge < -0.3 is 16.2 Å². The lowest BCUT2D eigenvalue weighted by Gasteiger charge is -2.13. The van der Waals surface area contributed by atoms with Crippen LogP contribution in [0.25, 0.3) is 0 Å². The lowest BCUT2D eigenvalue weighted by molar-refractivity contribution is -0.117. The number of benzene rings is 1. The number of carboxylic acid groups (broad SMARTS) is 1. The van der Waals surface area contributed by atoms with E-state index in [0.717, 1.165) is 12.8 Å². The van der Waals surface area contributed by atoms with Crippen LogP contribution in [0.2, 0.25) is 5.02 Å². The fraction of sp³-hybridized carbons (Fsp3) is 0.385. The number of unbranched alkanes of at least 4 members (excludes halogenated alkanes) is 1. The highest BCUT2D eigenvalue weighted by atomic mass is 35.5. The first-order valence-corrected chi connectivity index (χ1v) is 6.42. The molecule has 0 aliphatic rings. The van der Waals surface area contributed by atoms with Crippen molar-refractivity contribution in [3.8, 4) is 0 Å². The number of nitrogens with two attached hydrogens (primary N) is 1. The average Bonchev–Trinajstić information content (AvgIpc) is 2.37. The van der Waals surface area contributed by atoms with Gasteiger partial charge in [-0.25, -0.2) is 4.79 Å². The number of rotatable bonds is 6. The number of carbonyl (C=O) groups is 2. The predicted octanol–water partition coefficient (Wildman–Crippen LogP) is 2.49. The quantitative estimate of drug-likeness (QED) is 0.748. The molecule has 0 bridgehead atoms. The molecule has 0 radical (unpaired) electrons. The van der Waals surface area contributed by atoms with Crippen molar-refractivity contribution >= 4 is 29.2 Å². The number of halogens is 1. The van der Waals surface area contributed by atoms with Crippen molar-refractivity contribution in [3.63, 3.8) is 0 Å². The van der Waals surface area contributed by atoms with Crippen molar-refractivity contribution in [2.75, 3.05) is 5.32 Å². The molecule has 0 saturated heterocycles. The number of hydrogen-bond acceptors (Lipinski definition) is 3. The molecule has 1 aromatic carbocycles. The molecule has 0 saturated carbocycles. The molecule has 1 unspecified atom stereocenters. The third-order valence-electron chi connectivity index (χ3n) is 2.68. The van der Waals surface area contributed by atoms with Gasteiger partial charge in [-0.05, 0) is 24.6 Å². The molecule has 1 rings (SSSR count). The second-order valence-electron chi connectivity index (χ2n) is 4.23. The van der Waals surface area contributed by atoms with Gasteiger partial charge >= 0.3 is 5.97 Å². The number of anilines is 1. The molecule has 0 fully saturated rings. The highest BCUT2D eigenvalue weighted by Crippen LogP contribution is 2.21. The highest BCUT2D eigenvalue weighted by molar-refractivity contribution is 6.31. The van der Waals surface area contributed by atoms with Crippen LogP contribution in [0.15, 0.2) is 18.2 Å². The lowest BCUT2D eigenvalue weighted by atomic mass is 10.1. The zero-order valence-electron chi connectivity index (χ0n) is 10.6. The van der Waals surface area contributed by atoms with Crippen molar-refractivity contribution in [2.24, 2.45) is 5.73 Å². The summed E-state index contributed by atoms with van der Waals surface area (Å²) in [7, 11) is 0. The van der Waals surface area contributed by atoms with Gasteiger partial charge in [0, 0.05) is 5.02 Å². The summed E-state index contributed by atoms with van der Waals surface area (Å²) in [5, 5.41) is 11.9. The van der Waals surface area contributed by atoms with E-state index in [2.05, 4.69) is 5.32 Å². The molecule has 0 aliphatic carbocycles. The third-order valence-corrected chi connectivity index (χ3v) is 2.91. The Kier molecular flexibility index (Phi) is 5.79. The molecule has 4 N–H and O–H groups in total. The Balaban J connectivity index is 2.81. The molecule has 1 amide bonds. The van der Waals surface area contributed by atoms with E-state index in [-0.39, 0.29) is 11.3 Å². The van der Waals surface area contributed by atoms with Crippen LogP contribution in [0.1, 0.15) is 36.5 Å². The molecule has 0 aromatic heterocycles. The van der Waals surface area contributed by atoms with Crippen LogP contribution in [0.4, 0.5) is 5.69 Å². The zero-order valence-corrected chi connectivity index (χ0v) is 11.4. The lowest BCUT2D eigenvalue weighted by Crippen LogP contribution is -2.35. The van der Waals surface area contributed by atoms with Crippen LogP contribution in [-0.2, 0) is 4.79 Å². The summed E-state index contributed by atoms with van der Waals surface area (Å²) in [5.74, 6) is -1.54. The Hall–Kier alpha value is -1.59. The van der Waals surface area contributed by atoms with Gasteiger partial charge in [0.05, 0.1) is 17.3 Å². The summed E-state index contributed by atoms with van der Waals surface area (Å²) in [6.07, 6.45) is 2.36. The number of carbonyl (C=O) groups excluding carboxylic acids is 1. The minimum Gasteiger partial charge on any atom is -0.478 e. The Labute approximate surface area is 116 Å². The van der Waals surface area contributed by atoms with Crippen LogP contribution in [0.3, 0.4) is 0 Å². The van der Waals surface area contributed by atoms with E-state index < -0.39 is 17.9 Å². The van der Waals surface area contributed by atoms with Crippen molar-refractivity contribution < 1.29 is 14.7 Å². The molecule has 1 atom stereocenters. The maximum Gasteiger partial charge on any atom is 0.337 e. The van der Waals surface area contributed by atoms with Crippen LogP contribution >= 0.6 is 11.6 Å². The first-order valence-electron chi connectivity index (χ1n) is 6.05. The molecule has 0 spiro atoms. The summed E-state index contributed by atoms with van der Waals surface area (Å²) in [6.45, 7) is 2.01. The van der Waals surface area contributed by atoms with E-state index >= 15 is 0 Å². The maximum absolute atomic E-state index is 11.8. The number of hydrogen-bond donors (Lipinski definition) is 3. The molecular weight excluding hydrogens is 268 g/mol. The van der Waals surface area contributed by atoms with Gasteiger partial charge in [-0.15, -0.1) is 0 Å². The van der Waals surface area contributed by atoms with E-state index in [9.17, 15) is 9.59 Å². The first kappa shape index (κ1) is 15.5. The fourth-order valence-corrected chi connectivity index (χ4v) is 1.76. The van der Waals surface area contributed by atoms with Gasteiger partial charge in [-0.1, -0.05) is 31.4 Å². The molecule has 104 valence electrons. The highest BCUT2D eigenvalue weighted by Gasteiger charge is 2.17. The second kappa shape index (κ2) is 7.11. The standard InChI is InChI=1S/C13H17ClN2O3/c1-2-3-4-10(15)12(17)16-11-6-5-8(14)7-9(11)13(18)19/h5-7,10H,2-4,15H2,1H3,(H,16,17)(H,18,19). The van der Waals surface area contributed by atoms with Crippen molar-refractivity contribution in [3.05, 3.63) is 28.8 Å². The topological polar surface area (TPSA) is 92.4 Å². The third kappa shape index (κ3) is 4.54. The largest absolute Gasteiger partial charge is 0.478 e. The van der Waals surface area contributed by atoms with Gasteiger partial charge in [-0.2, -0.15) is 0 Å². The van der Waals surface area contributed by atoms with E-state index in [4.69, 9.17) is 22.4 Å². The molecule has 6 heteroatoms. The normalized spacial score (nSPS) is 11.9. The Morgan fingerprint density at radius 3 is 2.74 bits per heavy atom. The number of nitrogens with one attached hydrogen (secondary N) is 1. The molecule has 0 heterocycles. The molecule has 5 nitrogen and oxygen atoms in total. The van der Waals surface area contributed by atoms with Crippen molar-refractivity contribution in [2.45, 2.75) is 32.2 Å². The van der Waals surface area contributed by atoms with Crippen LogP contribution in [0, 0.1) is 0 Å². The van der Waals surface area contributed by atoms with Crippen LogP contribution in [-0.4, -0.2) is 23.0 Å². The minimum absolute atomic E-state index is 0.0523. The Bertz CT molecular complexity index is 477. The smallest absolute Gasteiger partial charge is 0.337 e. The summed E-state index contributed by atoms with van der Waals surface area (Å²) in [4.78, 5) is 22.9. The summed E-state index contributed by atoms with van der Waals surface area (Å²) in [6, 6.07) is 3.62. The van der Waals surface area contributed by atoms with Crippen LogP contribution in [0.5, 0.6) is 0 Å². The zero-order chi connectivity index (χ0) is 14.4. The number of carboxylic acids is 1. The monoisotopic (exact) mass is 284 g/mol. The van der Waals surface area contributed by atoms with Gasteiger partial charge in [0.15, 0.2) is 0 Å². The van der Waals surface area contributed by atoms with Crippen molar-refractivity contribution in [1.82, 2.24) is 0 Å². The van der Waals surface area contributed by atoms with Gasteiger partial charge in [0.2, 0.25) is 5.91 Å². The molecule has 1 aromatic rings. The fourth-order valence-electron chi connectivity index (χ4n) is 1.58. The van der Waals surface area contributed by atoms with E-state index in [1.165, 1.54) is 18.2 Å². The molecule has 0 aliphatic heterocycles. The van der Waals surface area contributed by atoms with Gasteiger partial charge in [0.25, 0.3) is 0 Å². The average molecular weight is 285 g/mol. The van der Waals surface area contributed by atoms with E-state index in [1.807, 2.05) is 6.92 Å². The minimum atomic E-state index is -1.15. The summed E-state index contributed by atoms with van der Waals surface area (Å²) < 4.78 is 0. The Morgan fingerprint density at radius 2 is 2.16 bits per heavy atom.